The number of nitrogens with one attached hydrogen (secondary N) is 1. The van der Waals surface area contributed by atoms with Gasteiger partial charge in [-0.2, -0.15) is 0 Å². The van der Waals surface area contributed by atoms with Crippen molar-refractivity contribution in [3.8, 4) is 0 Å². The topological polar surface area (TPSA) is 42.0 Å². The van der Waals surface area contributed by atoms with Gasteiger partial charge in [0, 0.05) is 4.47 Å². The van der Waals surface area contributed by atoms with Crippen LogP contribution in [0.1, 0.15) is 15.4 Å². The van der Waals surface area contributed by atoms with Gasteiger partial charge in [-0.05, 0) is 19.1 Å². The second kappa shape index (κ2) is 5.11. The zero-order valence-corrected chi connectivity index (χ0v) is 11.5. The molecule has 0 unspecified atom stereocenters. The number of amides is 1. The number of hydrogen-bond acceptors (Lipinski definition) is 3. The van der Waals surface area contributed by atoms with Gasteiger partial charge in [0.05, 0.1) is 11.2 Å². The van der Waals surface area contributed by atoms with Crippen molar-refractivity contribution in [3.05, 3.63) is 44.3 Å². The van der Waals surface area contributed by atoms with E-state index in [1.165, 1.54) is 5.51 Å². The van der Waals surface area contributed by atoms with Gasteiger partial charge in [0.2, 0.25) is 0 Å². The van der Waals surface area contributed by atoms with Gasteiger partial charge in [0.15, 0.2) is 11.6 Å². The highest BCUT2D eigenvalue weighted by Gasteiger charge is 2.17. The summed E-state index contributed by atoms with van der Waals surface area (Å²) < 4.78 is 27.3. The molecule has 0 radical (unpaired) electrons. The number of carbonyl (C=O) groups is 1. The van der Waals surface area contributed by atoms with Crippen LogP contribution in [0.2, 0.25) is 0 Å². The Morgan fingerprint density at radius 2 is 2.00 bits per heavy atom. The molecule has 1 aromatic carbocycles. The monoisotopic (exact) mass is 332 g/mol. The second-order valence-corrected chi connectivity index (χ2v) is 5.24. The van der Waals surface area contributed by atoms with Crippen LogP contribution < -0.4 is 5.32 Å². The average Bonchev–Trinajstić information content (AvgIpc) is 2.69. The Balaban J connectivity index is 2.31. The smallest absolute Gasteiger partial charge is 0.267 e. The molecule has 18 heavy (non-hydrogen) atoms. The van der Waals surface area contributed by atoms with Crippen molar-refractivity contribution in [2.75, 3.05) is 5.32 Å². The van der Waals surface area contributed by atoms with Crippen LogP contribution >= 0.6 is 27.3 Å². The van der Waals surface area contributed by atoms with Crippen LogP contribution in [0.5, 0.6) is 0 Å². The first-order chi connectivity index (χ1) is 8.49. The van der Waals surface area contributed by atoms with Gasteiger partial charge in [-0.1, -0.05) is 15.9 Å². The van der Waals surface area contributed by atoms with Gasteiger partial charge in [-0.25, -0.2) is 13.8 Å². The first kappa shape index (κ1) is 13.1. The molecule has 0 aliphatic heterocycles. The number of carbonyl (C=O) groups excluding carboxylic acids is 1. The highest BCUT2D eigenvalue weighted by atomic mass is 79.9. The molecule has 0 aliphatic rings. The Labute approximate surface area is 114 Å². The summed E-state index contributed by atoms with van der Waals surface area (Å²) in [6.45, 7) is 1.65. The fraction of sp³-hybridized carbons (Fsp3) is 0.0909. The minimum absolute atomic E-state index is 0.268. The number of nitrogens with zero attached hydrogens (tertiary/aromatic N) is 1. The lowest BCUT2D eigenvalue weighted by Gasteiger charge is -2.07. The molecule has 2 rings (SSSR count). The molecule has 1 aromatic heterocycles. The zero-order chi connectivity index (χ0) is 13.3. The molecule has 0 atom stereocenters. The SMILES string of the molecule is Cc1ncsc1C(=O)Nc1c(F)cc(Br)cc1F. The van der Waals surface area contributed by atoms with Crippen LogP contribution in [0, 0.1) is 18.6 Å². The Morgan fingerprint density at radius 1 is 1.39 bits per heavy atom. The zero-order valence-electron chi connectivity index (χ0n) is 9.13. The molecule has 0 saturated heterocycles. The number of benzene rings is 1. The maximum absolute atomic E-state index is 13.5. The molecule has 0 spiro atoms. The molecule has 0 bridgehead atoms. The molecule has 0 fully saturated rings. The lowest BCUT2D eigenvalue weighted by molar-refractivity contribution is 0.102. The lowest BCUT2D eigenvalue weighted by Crippen LogP contribution is -2.14. The third kappa shape index (κ3) is 2.56. The number of aromatic nitrogens is 1. The van der Waals surface area contributed by atoms with Crippen LogP contribution in [0.15, 0.2) is 22.1 Å². The second-order valence-electron chi connectivity index (χ2n) is 3.47. The average molecular weight is 333 g/mol. The van der Waals surface area contributed by atoms with E-state index in [0.29, 0.717) is 10.6 Å². The van der Waals surface area contributed by atoms with Crippen molar-refractivity contribution in [2.45, 2.75) is 6.92 Å². The van der Waals surface area contributed by atoms with Crippen LogP contribution in [0.4, 0.5) is 14.5 Å². The van der Waals surface area contributed by atoms with E-state index in [1.54, 1.807) is 6.92 Å². The summed E-state index contributed by atoms with van der Waals surface area (Å²) in [5.41, 5.74) is 1.56. The van der Waals surface area contributed by atoms with E-state index in [-0.39, 0.29) is 4.47 Å². The van der Waals surface area contributed by atoms with Crippen molar-refractivity contribution in [1.82, 2.24) is 4.98 Å². The molecule has 0 saturated carbocycles. The molecular weight excluding hydrogens is 326 g/mol. The minimum atomic E-state index is -0.836. The Kier molecular flexibility index (Phi) is 3.72. The van der Waals surface area contributed by atoms with Crippen molar-refractivity contribution < 1.29 is 13.6 Å². The fourth-order valence-corrected chi connectivity index (χ4v) is 2.45. The van der Waals surface area contributed by atoms with Gasteiger partial charge < -0.3 is 5.32 Å². The number of hydrogen-bond donors (Lipinski definition) is 1. The summed E-state index contributed by atoms with van der Waals surface area (Å²) in [6.07, 6.45) is 0. The molecule has 2 aromatic rings. The van der Waals surface area contributed by atoms with Gasteiger partial charge in [0.1, 0.15) is 10.6 Å². The standard InChI is InChI=1S/C11H7BrF2N2OS/c1-5-10(18-4-15-5)11(17)16-9-7(13)2-6(12)3-8(9)14/h2-4H,1H3,(H,16,17). The highest BCUT2D eigenvalue weighted by molar-refractivity contribution is 9.10. The van der Waals surface area contributed by atoms with Crippen molar-refractivity contribution in [1.29, 1.82) is 0 Å². The summed E-state index contributed by atoms with van der Waals surface area (Å²) in [5.74, 6) is -2.25. The van der Waals surface area contributed by atoms with Crippen molar-refractivity contribution in [2.24, 2.45) is 0 Å². The van der Waals surface area contributed by atoms with Crippen LogP contribution in [-0.4, -0.2) is 10.9 Å². The van der Waals surface area contributed by atoms with Crippen molar-refractivity contribution >= 4 is 38.9 Å². The predicted octanol–water partition coefficient (Wildman–Crippen LogP) is 3.74. The van der Waals surface area contributed by atoms with E-state index < -0.39 is 23.2 Å². The van der Waals surface area contributed by atoms with Crippen LogP contribution in [0.25, 0.3) is 0 Å². The summed E-state index contributed by atoms with van der Waals surface area (Å²) in [6, 6.07) is 2.16. The molecule has 7 heteroatoms. The van der Waals surface area contributed by atoms with Gasteiger partial charge in [0.25, 0.3) is 5.91 Å². The summed E-state index contributed by atoms with van der Waals surface area (Å²) in [4.78, 5) is 16.0. The molecule has 3 nitrogen and oxygen atoms in total. The van der Waals surface area contributed by atoms with Gasteiger partial charge in [-0.15, -0.1) is 11.3 Å². The fourth-order valence-electron chi connectivity index (χ4n) is 1.35. The maximum atomic E-state index is 13.5. The van der Waals surface area contributed by atoms with Crippen LogP contribution in [-0.2, 0) is 0 Å². The number of aryl methyl sites for hydroxylation is 1. The molecule has 1 N–H and O–H groups in total. The molecule has 0 aliphatic carbocycles. The van der Waals surface area contributed by atoms with E-state index in [1.807, 2.05) is 0 Å². The number of anilines is 1. The lowest BCUT2D eigenvalue weighted by atomic mass is 10.2. The first-order valence-corrected chi connectivity index (χ1v) is 6.52. The number of halogens is 3. The molecular formula is C11H7BrF2N2OS. The summed E-state index contributed by atoms with van der Waals surface area (Å²) in [5, 5.41) is 2.21. The minimum Gasteiger partial charge on any atom is -0.316 e. The summed E-state index contributed by atoms with van der Waals surface area (Å²) in [7, 11) is 0. The quantitative estimate of drug-likeness (QED) is 0.910. The van der Waals surface area contributed by atoms with Gasteiger partial charge >= 0.3 is 0 Å². The van der Waals surface area contributed by atoms with E-state index >= 15 is 0 Å². The van der Waals surface area contributed by atoms with Gasteiger partial charge in [-0.3, -0.25) is 4.79 Å². The largest absolute Gasteiger partial charge is 0.316 e. The highest BCUT2D eigenvalue weighted by Crippen LogP contribution is 2.25. The van der Waals surface area contributed by atoms with Crippen LogP contribution in [0.3, 0.4) is 0 Å². The first-order valence-electron chi connectivity index (χ1n) is 4.85. The molecule has 94 valence electrons. The third-order valence-corrected chi connectivity index (χ3v) is 3.58. The maximum Gasteiger partial charge on any atom is 0.267 e. The number of rotatable bonds is 2. The van der Waals surface area contributed by atoms with E-state index in [0.717, 1.165) is 23.5 Å². The summed E-state index contributed by atoms with van der Waals surface area (Å²) >= 11 is 4.08. The molecule has 1 amide bonds. The molecule has 1 heterocycles. The van der Waals surface area contributed by atoms with E-state index in [4.69, 9.17) is 0 Å². The van der Waals surface area contributed by atoms with E-state index in [2.05, 4.69) is 26.2 Å². The Bertz CT molecular complexity index is 592. The Hall–Kier alpha value is -1.34. The van der Waals surface area contributed by atoms with E-state index in [9.17, 15) is 13.6 Å². The number of thiazole rings is 1. The predicted molar refractivity (Wildman–Crippen MR) is 68.9 cm³/mol. The van der Waals surface area contributed by atoms with Crippen molar-refractivity contribution in [3.63, 3.8) is 0 Å². The Morgan fingerprint density at radius 3 is 2.50 bits per heavy atom. The third-order valence-electron chi connectivity index (χ3n) is 2.20. The normalized spacial score (nSPS) is 10.4.